The maximum absolute atomic E-state index is 13.2. The van der Waals surface area contributed by atoms with E-state index >= 15 is 0 Å². The summed E-state index contributed by atoms with van der Waals surface area (Å²) in [5.74, 6) is -0.486. The third-order valence-corrected chi connectivity index (χ3v) is 5.25. The Morgan fingerprint density at radius 2 is 2.04 bits per heavy atom. The van der Waals surface area contributed by atoms with Crippen molar-refractivity contribution >= 4 is 23.2 Å². The van der Waals surface area contributed by atoms with Crippen molar-refractivity contribution in [3.63, 3.8) is 0 Å². The number of hydrogen-bond acceptors (Lipinski definition) is 3. The number of rotatable bonds is 5. The molecule has 3 rings (SSSR count). The first kappa shape index (κ1) is 17.6. The van der Waals surface area contributed by atoms with Gasteiger partial charge in [-0.2, -0.15) is 0 Å². The number of nitrogens with zero attached hydrogens (tertiary/aromatic N) is 1. The lowest BCUT2D eigenvalue weighted by Crippen LogP contribution is -2.48. The predicted molar refractivity (Wildman–Crippen MR) is 95.6 cm³/mol. The summed E-state index contributed by atoms with van der Waals surface area (Å²) in [6.45, 7) is 0.960. The van der Waals surface area contributed by atoms with Gasteiger partial charge in [-0.15, -0.1) is 11.3 Å². The fourth-order valence-corrected chi connectivity index (χ4v) is 3.74. The topological polar surface area (TPSA) is 49.4 Å². The normalized spacial score (nSPS) is 17.6. The van der Waals surface area contributed by atoms with Crippen LogP contribution in [0.15, 0.2) is 41.8 Å². The molecule has 0 spiro atoms. The van der Waals surface area contributed by atoms with Crippen LogP contribution in [0.1, 0.15) is 29.7 Å². The standard InChI is InChI=1S/C19H21FN2O2S/c20-15-8-6-14(7-9-15)13-22(17-5-1-2-10-21-19(17)24)18(23)12-16-4-3-11-25-16/h3-4,6-9,11,17H,1-2,5,10,12-13H2,(H,21,24). The molecule has 1 fully saturated rings. The van der Waals surface area contributed by atoms with Crippen LogP contribution in [0.2, 0.25) is 0 Å². The summed E-state index contributed by atoms with van der Waals surface area (Å²) >= 11 is 1.53. The molecule has 1 saturated heterocycles. The van der Waals surface area contributed by atoms with Crippen molar-refractivity contribution in [2.24, 2.45) is 0 Å². The summed E-state index contributed by atoms with van der Waals surface area (Å²) < 4.78 is 13.2. The Bertz CT molecular complexity index is 716. The van der Waals surface area contributed by atoms with Crippen molar-refractivity contribution in [2.75, 3.05) is 6.54 Å². The maximum atomic E-state index is 13.2. The molecule has 2 amide bonds. The van der Waals surface area contributed by atoms with Gasteiger partial charge < -0.3 is 10.2 Å². The van der Waals surface area contributed by atoms with E-state index in [0.29, 0.717) is 19.5 Å². The van der Waals surface area contributed by atoms with Gasteiger partial charge in [0, 0.05) is 18.0 Å². The maximum Gasteiger partial charge on any atom is 0.242 e. The van der Waals surface area contributed by atoms with Crippen molar-refractivity contribution in [2.45, 2.75) is 38.3 Å². The quantitative estimate of drug-likeness (QED) is 0.891. The lowest BCUT2D eigenvalue weighted by Gasteiger charge is -2.30. The van der Waals surface area contributed by atoms with Gasteiger partial charge in [-0.05, 0) is 48.4 Å². The molecule has 2 heterocycles. The minimum absolute atomic E-state index is 0.0752. The molecule has 1 aliphatic heterocycles. The molecule has 0 radical (unpaired) electrons. The second kappa shape index (κ2) is 8.25. The smallest absolute Gasteiger partial charge is 0.242 e. The molecule has 6 heteroatoms. The number of hydrogen-bond donors (Lipinski definition) is 1. The molecule has 1 unspecified atom stereocenters. The van der Waals surface area contributed by atoms with Gasteiger partial charge >= 0.3 is 0 Å². The van der Waals surface area contributed by atoms with Crippen LogP contribution in [-0.4, -0.2) is 29.3 Å². The average Bonchev–Trinajstić information content (AvgIpc) is 3.02. The number of thiophene rings is 1. The third-order valence-electron chi connectivity index (χ3n) is 4.37. The van der Waals surface area contributed by atoms with E-state index in [2.05, 4.69) is 5.32 Å². The number of halogens is 1. The lowest BCUT2D eigenvalue weighted by molar-refractivity contribution is -0.140. The number of benzene rings is 1. The molecule has 1 aromatic heterocycles. The van der Waals surface area contributed by atoms with Crippen molar-refractivity contribution < 1.29 is 14.0 Å². The molecule has 132 valence electrons. The van der Waals surface area contributed by atoms with E-state index in [-0.39, 0.29) is 24.1 Å². The van der Waals surface area contributed by atoms with Crippen LogP contribution in [0, 0.1) is 5.82 Å². The number of carbonyl (C=O) groups excluding carboxylic acids is 2. The number of carbonyl (C=O) groups is 2. The zero-order chi connectivity index (χ0) is 17.6. The van der Waals surface area contributed by atoms with E-state index in [1.807, 2.05) is 17.5 Å². The number of nitrogens with one attached hydrogen (secondary N) is 1. The van der Waals surface area contributed by atoms with Crippen molar-refractivity contribution in [3.05, 3.63) is 58.0 Å². The van der Waals surface area contributed by atoms with Gasteiger partial charge in [-0.25, -0.2) is 4.39 Å². The minimum atomic E-state index is -0.472. The molecule has 2 aromatic rings. The Labute approximate surface area is 150 Å². The van der Waals surface area contributed by atoms with Crippen LogP contribution >= 0.6 is 11.3 Å². The van der Waals surface area contributed by atoms with Crippen LogP contribution in [0.25, 0.3) is 0 Å². The highest BCUT2D eigenvalue weighted by Gasteiger charge is 2.30. The van der Waals surface area contributed by atoms with Crippen LogP contribution in [0.4, 0.5) is 4.39 Å². The van der Waals surface area contributed by atoms with E-state index in [1.165, 1.54) is 23.5 Å². The van der Waals surface area contributed by atoms with Crippen LogP contribution in [0.5, 0.6) is 0 Å². The fourth-order valence-electron chi connectivity index (χ4n) is 3.04. The average molecular weight is 360 g/mol. The highest BCUT2D eigenvalue weighted by Crippen LogP contribution is 2.19. The van der Waals surface area contributed by atoms with E-state index < -0.39 is 6.04 Å². The molecule has 1 aliphatic rings. The van der Waals surface area contributed by atoms with Gasteiger partial charge in [-0.1, -0.05) is 18.2 Å². The highest BCUT2D eigenvalue weighted by molar-refractivity contribution is 7.10. The zero-order valence-electron chi connectivity index (χ0n) is 13.9. The van der Waals surface area contributed by atoms with E-state index in [4.69, 9.17) is 0 Å². The summed E-state index contributed by atoms with van der Waals surface area (Å²) in [5.41, 5.74) is 0.818. The summed E-state index contributed by atoms with van der Waals surface area (Å²) in [4.78, 5) is 28.0. The second-order valence-corrected chi connectivity index (χ2v) is 7.24. The summed E-state index contributed by atoms with van der Waals surface area (Å²) in [6, 6.07) is 9.45. The van der Waals surface area contributed by atoms with Crippen LogP contribution in [-0.2, 0) is 22.6 Å². The zero-order valence-corrected chi connectivity index (χ0v) is 14.7. The third kappa shape index (κ3) is 4.66. The van der Waals surface area contributed by atoms with Crippen LogP contribution < -0.4 is 5.32 Å². The van der Waals surface area contributed by atoms with Gasteiger partial charge in [0.25, 0.3) is 0 Å². The predicted octanol–water partition coefficient (Wildman–Crippen LogP) is 3.13. The first-order chi connectivity index (χ1) is 12.1. The molecule has 1 aromatic carbocycles. The van der Waals surface area contributed by atoms with Crippen molar-refractivity contribution in [1.29, 1.82) is 0 Å². The molecular weight excluding hydrogens is 339 g/mol. The summed E-state index contributed by atoms with van der Waals surface area (Å²) in [6.07, 6.45) is 2.76. The Balaban J connectivity index is 1.82. The van der Waals surface area contributed by atoms with E-state index in [1.54, 1.807) is 17.0 Å². The van der Waals surface area contributed by atoms with Gasteiger partial charge in [0.1, 0.15) is 11.9 Å². The van der Waals surface area contributed by atoms with Gasteiger partial charge in [0.05, 0.1) is 6.42 Å². The molecule has 1 atom stereocenters. The lowest BCUT2D eigenvalue weighted by atomic mass is 10.1. The van der Waals surface area contributed by atoms with Gasteiger partial charge in [0.2, 0.25) is 11.8 Å². The van der Waals surface area contributed by atoms with E-state index in [0.717, 1.165) is 23.3 Å². The first-order valence-electron chi connectivity index (χ1n) is 8.47. The highest BCUT2D eigenvalue weighted by atomic mass is 32.1. The molecule has 0 saturated carbocycles. The molecular formula is C19H21FN2O2S. The van der Waals surface area contributed by atoms with Gasteiger partial charge in [-0.3, -0.25) is 9.59 Å². The summed E-state index contributed by atoms with van der Waals surface area (Å²) in [7, 11) is 0. The Morgan fingerprint density at radius 1 is 1.24 bits per heavy atom. The Morgan fingerprint density at radius 3 is 2.76 bits per heavy atom. The second-order valence-electron chi connectivity index (χ2n) is 6.21. The van der Waals surface area contributed by atoms with E-state index in [9.17, 15) is 14.0 Å². The number of amides is 2. The minimum Gasteiger partial charge on any atom is -0.354 e. The van der Waals surface area contributed by atoms with Crippen molar-refractivity contribution in [1.82, 2.24) is 10.2 Å². The van der Waals surface area contributed by atoms with Crippen molar-refractivity contribution in [3.8, 4) is 0 Å². The molecule has 0 bridgehead atoms. The largest absolute Gasteiger partial charge is 0.354 e. The Hall–Kier alpha value is -2.21. The summed E-state index contributed by atoms with van der Waals surface area (Å²) in [5, 5.41) is 4.83. The SMILES string of the molecule is O=C1NCCCCC1N(Cc1ccc(F)cc1)C(=O)Cc1cccs1. The molecule has 4 nitrogen and oxygen atoms in total. The molecule has 0 aliphatic carbocycles. The monoisotopic (exact) mass is 360 g/mol. The fraction of sp³-hybridized carbons (Fsp3) is 0.368. The van der Waals surface area contributed by atoms with Gasteiger partial charge in [0.15, 0.2) is 0 Å². The molecule has 25 heavy (non-hydrogen) atoms. The van der Waals surface area contributed by atoms with Crippen LogP contribution in [0.3, 0.4) is 0 Å². The Kier molecular flexibility index (Phi) is 5.81. The first-order valence-corrected chi connectivity index (χ1v) is 9.35. The molecule has 1 N–H and O–H groups in total.